The van der Waals surface area contributed by atoms with Crippen molar-refractivity contribution in [2.45, 2.75) is 20.8 Å². The van der Waals surface area contributed by atoms with Gasteiger partial charge in [-0.15, -0.1) is 0 Å². The van der Waals surface area contributed by atoms with Gasteiger partial charge in [-0.1, -0.05) is 13.8 Å². The Hall–Kier alpha value is -1.75. The molecule has 0 aliphatic carbocycles. The van der Waals surface area contributed by atoms with Gasteiger partial charge < -0.3 is 19.3 Å². The van der Waals surface area contributed by atoms with Crippen molar-refractivity contribution in [2.24, 2.45) is 5.92 Å². The smallest absolute Gasteiger partial charge is 0.335 e. The van der Waals surface area contributed by atoms with Gasteiger partial charge >= 0.3 is 5.97 Å². The summed E-state index contributed by atoms with van der Waals surface area (Å²) in [4.78, 5) is 10.9. The Labute approximate surface area is 119 Å². The molecule has 0 bridgehead atoms. The predicted octanol–water partition coefficient (Wildman–Crippen LogP) is 2.83. The minimum Gasteiger partial charge on any atom is -0.490 e. The Morgan fingerprint density at radius 1 is 1.20 bits per heavy atom. The summed E-state index contributed by atoms with van der Waals surface area (Å²) in [6.07, 6.45) is 0. The average molecular weight is 282 g/mol. The van der Waals surface area contributed by atoms with E-state index >= 15 is 0 Å². The Balaban J connectivity index is 2.57. The topological polar surface area (TPSA) is 65.0 Å². The molecule has 0 fully saturated rings. The van der Waals surface area contributed by atoms with Crippen LogP contribution in [0.3, 0.4) is 0 Å². The van der Waals surface area contributed by atoms with Crippen molar-refractivity contribution < 1.29 is 24.1 Å². The zero-order chi connectivity index (χ0) is 15.0. The molecular weight excluding hydrogens is 260 g/mol. The lowest BCUT2D eigenvalue weighted by Crippen LogP contribution is -2.11. The van der Waals surface area contributed by atoms with Gasteiger partial charge in [0.1, 0.15) is 6.61 Å². The number of ether oxygens (including phenoxy) is 3. The average Bonchev–Trinajstić information content (AvgIpc) is 2.39. The molecule has 0 radical (unpaired) electrons. The van der Waals surface area contributed by atoms with Crippen LogP contribution in [0.4, 0.5) is 0 Å². The molecular formula is C15H22O5. The van der Waals surface area contributed by atoms with Gasteiger partial charge in [0.2, 0.25) is 0 Å². The van der Waals surface area contributed by atoms with Gasteiger partial charge in [0.15, 0.2) is 11.5 Å². The van der Waals surface area contributed by atoms with Gasteiger partial charge in [0, 0.05) is 6.61 Å². The molecule has 1 aromatic rings. The lowest BCUT2D eigenvalue weighted by atomic mass is 10.2. The van der Waals surface area contributed by atoms with E-state index in [2.05, 4.69) is 13.8 Å². The van der Waals surface area contributed by atoms with Crippen LogP contribution in [0.25, 0.3) is 0 Å². The fourth-order valence-corrected chi connectivity index (χ4v) is 1.56. The third kappa shape index (κ3) is 5.48. The first-order valence-electron chi connectivity index (χ1n) is 6.75. The fraction of sp³-hybridized carbons (Fsp3) is 0.533. The molecule has 0 aliphatic rings. The van der Waals surface area contributed by atoms with Crippen LogP contribution in [0.15, 0.2) is 18.2 Å². The first-order chi connectivity index (χ1) is 9.54. The molecule has 20 heavy (non-hydrogen) atoms. The Morgan fingerprint density at radius 3 is 2.55 bits per heavy atom. The highest BCUT2D eigenvalue weighted by Gasteiger charge is 2.10. The SMILES string of the molecule is CCOc1cc(C(=O)O)ccc1OCCOCC(C)C. The molecule has 0 saturated carbocycles. The Kier molecular flexibility index (Phi) is 6.87. The maximum atomic E-state index is 10.9. The number of hydrogen-bond acceptors (Lipinski definition) is 4. The number of aromatic carboxylic acids is 1. The quantitative estimate of drug-likeness (QED) is 0.705. The van der Waals surface area contributed by atoms with Crippen molar-refractivity contribution in [1.82, 2.24) is 0 Å². The number of benzene rings is 1. The highest BCUT2D eigenvalue weighted by Crippen LogP contribution is 2.28. The van der Waals surface area contributed by atoms with E-state index in [1.165, 1.54) is 12.1 Å². The fourth-order valence-electron chi connectivity index (χ4n) is 1.56. The minimum atomic E-state index is -0.988. The van der Waals surface area contributed by atoms with Gasteiger partial charge in [-0.3, -0.25) is 0 Å². The Bertz CT molecular complexity index is 428. The second-order valence-electron chi connectivity index (χ2n) is 4.72. The molecule has 1 aromatic carbocycles. The van der Waals surface area contributed by atoms with Crippen molar-refractivity contribution in [1.29, 1.82) is 0 Å². The molecule has 1 N–H and O–H groups in total. The van der Waals surface area contributed by atoms with Crippen molar-refractivity contribution in [2.75, 3.05) is 26.4 Å². The van der Waals surface area contributed by atoms with E-state index in [9.17, 15) is 4.79 Å². The zero-order valence-electron chi connectivity index (χ0n) is 12.2. The van der Waals surface area contributed by atoms with Gasteiger partial charge in [0.25, 0.3) is 0 Å². The molecule has 0 amide bonds. The van der Waals surface area contributed by atoms with E-state index in [-0.39, 0.29) is 5.56 Å². The van der Waals surface area contributed by atoms with Gasteiger partial charge in [0.05, 0.1) is 18.8 Å². The van der Waals surface area contributed by atoms with E-state index in [0.29, 0.717) is 43.8 Å². The van der Waals surface area contributed by atoms with Crippen molar-refractivity contribution in [3.8, 4) is 11.5 Å². The van der Waals surface area contributed by atoms with E-state index < -0.39 is 5.97 Å². The van der Waals surface area contributed by atoms with Crippen LogP contribution in [0.5, 0.6) is 11.5 Å². The molecule has 0 heterocycles. The number of carbonyl (C=O) groups is 1. The molecule has 5 nitrogen and oxygen atoms in total. The van der Waals surface area contributed by atoms with Gasteiger partial charge in [-0.25, -0.2) is 4.79 Å². The highest BCUT2D eigenvalue weighted by atomic mass is 16.5. The van der Waals surface area contributed by atoms with E-state index in [1.807, 2.05) is 6.92 Å². The lowest BCUT2D eigenvalue weighted by Gasteiger charge is -2.13. The maximum Gasteiger partial charge on any atom is 0.335 e. The van der Waals surface area contributed by atoms with Crippen LogP contribution in [0.2, 0.25) is 0 Å². The third-order valence-electron chi connectivity index (χ3n) is 2.43. The second kappa shape index (κ2) is 8.43. The van der Waals surface area contributed by atoms with Crippen molar-refractivity contribution in [3.63, 3.8) is 0 Å². The Morgan fingerprint density at radius 2 is 1.95 bits per heavy atom. The number of carboxylic acids is 1. The van der Waals surface area contributed by atoms with Crippen LogP contribution in [-0.4, -0.2) is 37.5 Å². The molecule has 0 aromatic heterocycles. The molecule has 0 unspecified atom stereocenters. The first-order valence-corrected chi connectivity index (χ1v) is 6.75. The molecule has 0 saturated heterocycles. The largest absolute Gasteiger partial charge is 0.490 e. The summed E-state index contributed by atoms with van der Waals surface area (Å²) in [5.74, 6) is 0.475. The number of carboxylic acid groups (broad SMARTS) is 1. The second-order valence-corrected chi connectivity index (χ2v) is 4.72. The summed E-state index contributed by atoms with van der Waals surface area (Å²) in [5.41, 5.74) is 0.178. The van der Waals surface area contributed by atoms with Gasteiger partial charge in [-0.05, 0) is 31.0 Å². The van der Waals surface area contributed by atoms with Crippen molar-refractivity contribution >= 4 is 5.97 Å². The molecule has 0 aliphatic heterocycles. The summed E-state index contributed by atoms with van der Waals surface area (Å²) in [5, 5.41) is 8.95. The van der Waals surface area contributed by atoms with E-state index in [0.717, 1.165) is 0 Å². The highest BCUT2D eigenvalue weighted by molar-refractivity contribution is 5.88. The first kappa shape index (κ1) is 16.3. The third-order valence-corrected chi connectivity index (χ3v) is 2.43. The molecule has 0 atom stereocenters. The van der Waals surface area contributed by atoms with Crippen LogP contribution in [-0.2, 0) is 4.74 Å². The summed E-state index contributed by atoms with van der Waals surface area (Å²) < 4.78 is 16.4. The monoisotopic (exact) mass is 282 g/mol. The molecule has 0 spiro atoms. The summed E-state index contributed by atoms with van der Waals surface area (Å²) in [6.45, 7) is 8.03. The number of rotatable bonds is 9. The normalized spacial score (nSPS) is 10.6. The van der Waals surface area contributed by atoms with E-state index in [4.69, 9.17) is 19.3 Å². The summed E-state index contributed by atoms with van der Waals surface area (Å²) in [7, 11) is 0. The lowest BCUT2D eigenvalue weighted by molar-refractivity contribution is 0.0695. The molecule has 112 valence electrons. The van der Waals surface area contributed by atoms with Crippen LogP contribution in [0.1, 0.15) is 31.1 Å². The van der Waals surface area contributed by atoms with Crippen LogP contribution in [0, 0.1) is 5.92 Å². The molecule has 1 rings (SSSR count). The standard InChI is InChI=1S/C15H22O5/c1-4-19-14-9-12(15(16)17)5-6-13(14)20-8-7-18-10-11(2)3/h5-6,9,11H,4,7-8,10H2,1-3H3,(H,16,17). The zero-order valence-corrected chi connectivity index (χ0v) is 12.2. The predicted molar refractivity (Wildman–Crippen MR) is 75.7 cm³/mol. The van der Waals surface area contributed by atoms with Crippen molar-refractivity contribution in [3.05, 3.63) is 23.8 Å². The van der Waals surface area contributed by atoms with E-state index in [1.54, 1.807) is 6.07 Å². The minimum absolute atomic E-state index is 0.178. The maximum absolute atomic E-state index is 10.9. The van der Waals surface area contributed by atoms with Gasteiger partial charge in [-0.2, -0.15) is 0 Å². The van der Waals surface area contributed by atoms with Crippen LogP contribution >= 0.6 is 0 Å². The summed E-state index contributed by atoms with van der Waals surface area (Å²) in [6, 6.07) is 4.57. The summed E-state index contributed by atoms with van der Waals surface area (Å²) >= 11 is 0. The molecule has 5 heteroatoms. The number of hydrogen-bond donors (Lipinski definition) is 1. The van der Waals surface area contributed by atoms with Crippen LogP contribution < -0.4 is 9.47 Å².